The van der Waals surface area contributed by atoms with Crippen molar-refractivity contribution in [2.75, 3.05) is 25.0 Å². The molecule has 0 radical (unpaired) electrons. The van der Waals surface area contributed by atoms with Gasteiger partial charge in [-0.1, -0.05) is 12.1 Å². The number of benzene rings is 1. The van der Waals surface area contributed by atoms with Crippen LogP contribution in [0.4, 0.5) is 19.1 Å². The molecule has 0 spiro atoms. The molecule has 0 bridgehead atoms. The maximum absolute atomic E-state index is 12.6. The highest BCUT2D eigenvalue weighted by molar-refractivity contribution is 5.92. The van der Waals surface area contributed by atoms with Gasteiger partial charge in [0, 0.05) is 42.9 Å². The summed E-state index contributed by atoms with van der Waals surface area (Å²) in [5, 5.41) is 7.79. The minimum atomic E-state index is -4.15. The summed E-state index contributed by atoms with van der Waals surface area (Å²) in [6, 6.07) is 7.71. The first-order chi connectivity index (χ1) is 14.8. The minimum Gasteiger partial charge on any atom is -0.303 e. The van der Waals surface area contributed by atoms with Gasteiger partial charge < -0.3 is 4.90 Å². The zero-order valence-electron chi connectivity index (χ0n) is 17.1. The number of piperidine rings is 1. The molecular formula is C21H23F3N6O. The number of carbonyl (C=O) groups excluding carboxylic acids is 1. The number of nitrogens with zero attached hydrogens (tertiary/aromatic N) is 5. The summed E-state index contributed by atoms with van der Waals surface area (Å²) in [6.07, 6.45) is -0.567. The number of likely N-dealkylation sites (tertiary alicyclic amines) is 1. The maximum Gasteiger partial charge on any atom is 0.390 e. The molecule has 4 rings (SSSR count). The number of hydrogen-bond acceptors (Lipinski definition) is 5. The predicted molar refractivity (Wildman–Crippen MR) is 110 cm³/mol. The molecular weight excluding hydrogens is 409 g/mol. The Labute approximate surface area is 177 Å². The molecule has 10 heteroatoms. The van der Waals surface area contributed by atoms with Crippen molar-refractivity contribution in [3.63, 3.8) is 0 Å². The van der Waals surface area contributed by atoms with Crippen molar-refractivity contribution in [1.82, 2.24) is 24.6 Å². The van der Waals surface area contributed by atoms with E-state index < -0.39 is 12.6 Å². The molecule has 164 valence electrons. The third kappa shape index (κ3) is 5.19. The molecule has 7 nitrogen and oxygen atoms in total. The molecule has 1 aromatic carbocycles. The SMILES string of the molecule is Cn1nccc1-c1ccc2cnc(NC(=O)C3CCN(CCC(F)(F)F)CC3)nc2c1. The number of nitrogens with one attached hydrogen (secondary N) is 1. The van der Waals surface area contributed by atoms with E-state index in [1.807, 2.05) is 31.3 Å². The number of alkyl halides is 3. The van der Waals surface area contributed by atoms with Crippen molar-refractivity contribution in [3.8, 4) is 11.3 Å². The summed E-state index contributed by atoms with van der Waals surface area (Å²) in [4.78, 5) is 23.1. The van der Waals surface area contributed by atoms with Crippen LogP contribution in [0.1, 0.15) is 19.3 Å². The summed E-state index contributed by atoms with van der Waals surface area (Å²) >= 11 is 0. The molecule has 0 unspecified atom stereocenters. The van der Waals surface area contributed by atoms with E-state index in [9.17, 15) is 18.0 Å². The molecule has 0 aliphatic carbocycles. The molecule has 0 atom stereocenters. The summed E-state index contributed by atoms with van der Waals surface area (Å²) in [5.74, 6) is -0.237. The van der Waals surface area contributed by atoms with E-state index >= 15 is 0 Å². The van der Waals surface area contributed by atoms with Crippen LogP contribution in [0.15, 0.2) is 36.7 Å². The Morgan fingerprint density at radius 2 is 2.00 bits per heavy atom. The molecule has 2 aromatic heterocycles. The van der Waals surface area contributed by atoms with Gasteiger partial charge in [0.15, 0.2) is 0 Å². The zero-order valence-corrected chi connectivity index (χ0v) is 17.1. The number of aromatic nitrogens is 4. The molecule has 1 aliphatic rings. The molecule has 31 heavy (non-hydrogen) atoms. The summed E-state index contributed by atoms with van der Waals surface area (Å²) in [7, 11) is 1.86. The van der Waals surface area contributed by atoms with Gasteiger partial charge in [-0.2, -0.15) is 18.3 Å². The second-order valence-corrected chi connectivity index (χ2v) is 7.78. The van der Waals surface area contributed by atoms with Gasteiger partial charge in [-0.05, 0) is 38.1 Å². The lowest BCUT2D eigenvalue weighted by Gasteiger charge is -2.31. The Bertz CT molecular complexity index is 1070. The Kier molecular flexibility index (Phi) is 5.90. The van der Waals surface area contributed by atoms with E-state index in [-0.39, 0.29) is 24.3 Å². The monoisotopic (exact) mass is 432 g/mol. The van der Waals surface area contributed by atoms with Gasteiger partial charge in [0.1, 0.15) is 0 Å². The van der Waals surface area contributed by atoms with Crippen LogP contribution in [0.2, 0.25) is 0 Å². The number of hydrogen-bond donors (Lipinski definition) is 1. The fourth-order valence-electron chi connectivity index (χ4n) is 3.82. The van der Waals surface area contributed by atoms with Crippen LogP contribution >= 0.6 is 0 Å². The van der Waals surface area contributed by atoms with Crippen LogP contribution in [-0.4, -0.2) is 56.4 Å². The Morgan fingerprint density at radius 1 is 1.23 bits per heavy atom. The molecule has 1 aliphatic heterocycles. The van der Waals surface area contributed by atoms with Crippen molar-refractivity contribution in [2.24, 2.45) is 13.0 Å². The lowest BCUT2D eigenvalue weighted by molar-refractivity contribution is -0.139. The van der Waals surface area contributed by atoms with Crippen molar-refractivity contribution in [1.29, 1.82) is 0 Å². The molecule has 1 amide bonds. The smallest absolute Gasteiger partial charge is 0.303 e. The average Bonchev–Trinajstić information content (AvgIpc) is 3.17. The fraction of sp³-hybridized carbons (Fsp3) is 0.429. The Hall–Kier alpha value is -3.01. The van der Waals surface area contributed by atoms with Crippen molar-refractivity contribution >= 4 is 22.8 Å². The Balaban J connectivity index is 1.39. The van der Waals surface area contributed by atoms with E-state index in [4.69, 9.17) is 0 Å². The van der Waals surface area contributed by atoms with Crippen LogP contribution in [0.3, 0.4) is 0 Å². The summed E-state index contributed by atoms with van der Waals surface area (Å²) < 4.78 is 38.9. The van der Waals surface area contributed by atoms with Gasteiger partial charge >= 0.3 is 6.18 Å². The number of aryl methyl sites for hydroxylation is 1. The standard InChI is InChI=1S/C21H23F3N6O/c1-29-18(4-8-26-29)15-2-3-16-13-25-20(27-17(16)12-15)28-19(31)14-5-9-30(10-6-14)11-7-21(22,23)24/h2-4,8,12-14H,5-7,9-11H2,1H3,(H,25,27,28,31). The van der Waals surface area contributed by atoms with Gasteiger partial charge in [-0.3, -0.25) is 14.8 Å². The van der Waals surface area contributed by atoms with Gasteiger partial charge in [-0.25, -0.2) is 9.97 Å². The van der Waals surface area contributed by atoms with Crippen LogP contribution < -0.4 is 5.32 Å². The molecule has 1 fully saturated rings. The van der Waals surface area contributed by atoms with Gasteiger partial charge in [0.2, 0.25) is 11.9 Å². The number of halogens is 3. The number of carbonyl (C=O) groups is 1. The predicted octanol–water partition coefficient (Wildman–Crippen LogP) is 3.63. The third-order valence-electron chi connectivity index (χ3n) is 5.60. The average molecular weight is 432 g/mol. The highest BCUT2D eigenvalue weighted by Gasteiger charge is 2.30. The van der Waals surface area contributed by atoms with Crippen LogP contribution in [0.5, 0.6) is 0 Å². The quantitative estimate of drug-likeness (QED) is 0.666. The highest BCUT2D eigenvalue weighted by atomic mass is 19.4. The number of fused-ring (bicyclic) bond motifs is 1. The zero-order chi connectivity index (χ0) is 22.0. The van der Waals surface area contributed by atoms with Gasteiger partial charge in [0.25, 0.3) is 0 Å². The molecule has 1 saturated heterocycles. The number of rotatable bonds is 5. The minimum absolute atomic E-state index is 0.0232. The first kappa shape index (κ1) is 21.2. The largest absolute Gasteiger partial charge is 0.390 e. The molecule has 0 saturated carbocycles. The first-order valence-corrected chi connectivity index (χ1v) is 10.1. The second kappa shape index (κ2) is 8.62. The van der Waals surface area contributed by atoms with Crippen LogP contribution in [-0.2, 0) is 11.8 Å². The topological polar surface area (TPSA) is 75.9 Å². The van der Waals surface area contributed by atoms with Crippen molar-refractivity contribution < 1.29 is 18.0 Å². The van der Waals surface area contributed by atoms with E-state index in [1.54, 1.807) is 22.0 Å². The van der Waals surface area contributed by atoms with Gasteiger partial charge in [-0.15, -0.1) is 0 Å². The fourth-order valence-corrected chi connectivity index (χ4v) is 3.82. The van der Waals surface area contributed by atoms with E-state index in [2.05, 4.69) is 20.4 Å². The first-order valence-electron chi connectivity index (χ1n) is 10.1. The van der Waals surface area contributed by atoms with Gasteiger partial charge in [0.05, 0.1) is 17.6 Å². The van der Waals surface area contributed by atoms with Crippen LogP contribution in [0.25, 0.3) is 22.2 Å². The molecule has 3 aromatic rings. The van der Waals surface area contributed by atoms with E-state index in [0.717, 1.165) is 16.6 Å². The van der Waals surface area contributed by atoms with E-state index in [1.165, 1.54) is 0 Å². The Morgan fingerprint density at radius 3 is 2.68 bits per heavy atom. The maximum atomic E-state index is 12.6. The van der Waals surface area contributed by atoms with E-state index in [0.29, 0.717) is 31.4 Å². The number of amides is 1. The highest BCUT2D eigenvalue weighted by Crippen LogP contribution is 2.25. The summed E-state index contributed by atoms with van der Waals surface area (Å²) in [5.41, 5.74) is 2.60. The third-order valence-corrected chi connectivity index (χ3v) is 5.60. The molecule has 3 heterocycles. The van der Waals surface area contributed by atoms with Crippen molar-refractivity contribution in [3.05, 3.63) is 36.7 Å². The molecule has 1 N–H and O–H groups in total. The number of anilines is 1. The van der Waals surface area contributed by atoms with Crippen LogP contribution in [0, 0.1) is 5.92 Å². The lowest BCUT2D eigenvalue weighted by atomic mass is 9.96. The second-order valence-electron chi connectivity index (χ2n) is 7.78. The summed E-state index contributed by atoms with van der Waals surface area (Å²) in [6.45, 7) is 0.923. The van der Waals surface area contributed by atoms with Crippen molar-refractivity contribution in [2.45, 2.75) is 25.4 Å². The normalized spacial score (nSPS) is 16.0. The lowest BCUT2D eigenvalue weighted by Crippen LogP contribution is -2.39.